The molecule has 0 saturated heterocycles. The molecule has 2 aromatic rings. The molecule has 21 heavy (non-hydrogen) atoms. The van der Waals surface area contributed by atoms with Crippen LogP contribution in [-0.2, 0) is 6.42 Å². The number of rotatable bonds is 5. The molecule has 1 aromatic carbocycles. The average molecular weight is 288 g/mol. The van der Waals surface area contributed by atoms with E-state index in [1.54, 1.807) is 6.07 Å². The minimum absolute atomic E-state index is 0.236. The van der Waals surface area contributed by atoms with Crippen molar-refractivity contribution in [3.8, 4) is 0 Å². The van der Waals surface area contributed by atoms with Gasteiger partial charge >= 0.3 is 0 Å². The van der Waals surface area contributed by atoms with Crippen molar-refractivity contribution in [1.29, 1.82) is 0 Å². The molecule has 0 unspecified atom stereocenters. The van der Waals surface area contributed by atoms with Gasteiger partial charge in [0, 0.05) is 24.2 Å². The molecule has 1 heterocycles. The van der Waals surface area contributed by atoms with Gasteiger partial charge in [-0.05, 0) is 44.5 Å². The summed E-state index contributed by atoms with van der Waals surface area (Å²) in [4.78, 5) is 9.03. The average Bonchev–Trinajstić information content (AvgIpc) is 2.46. The summed E-state index contributed by atoms with van der Waals surface area (Å²) in [6.07, 6.45) is 0.760. The number of nitrogens with zero attached hydrogens (tertiary/aromatic N) is 2. The van der Waals surface area contributed by atoms with Crippen LogP contribution in [0.4, 0.5) is 21.7 Å². The van der Waals surface area contributed by atoms with Crippen LogP contribution < -0.4 is 10.6 Å². The second-order valence-electron chi connectivity index (χ2n) is 4.93. The number of nitrogens with one attached hydrogen (secondary N) is 2. The Bertz CT molecular complexity index is 640. The molecule has 0 atom stereocenters. The molecular formula is C16H21FN4. The molecule has 0 radical (unpaired) electrons. The lowest BCUT2D eigenvalue weighted by Gasteiger charge is -2.15. The molecule has 0 amide bonds. The zero-order chi connectivity index (χ0) is 15.4. The Morgan fingerprint density at radius 3 is 2.43 bits per heavy atom. The Kier molecular flexibility index (Phi) is 4.73. The van der Waals surface area contributed by atoms with Gasteiger partial charge in [-0.25, -0.2) is 14.4 Å². The Hall–Kier alpha value is -2.17. The van der Waals surface area contributed by atoms with E-state index in [-0.39, 0.29) is 5.82 Å². The third kappa shape index (κ3) is 3.48. The van der Waals surface area contributed by atoms with Crippen molar-refractivity contribution in [3.05, 3.63) is 41.0 Å². The van der Waals surface area contributed by atoms with Gasteiger partial charge < -0.3 is 10.6 Å². The molecule has 1 aromatic heterocycles. The number of aryl methyl sites for hydroxylation is 2. The number of hydrogen-bond donors (Lipinski definition) is 2. The topological polar surface area (TPSA) is 49.8 Å². The second kappa shape index (κ2) is 6.52. The monoisotopic (exact) mass is 288 g/mol. The van der Waals surface area contributed by atoms with Crippen LogP contribution in [0.3, 0.4) is 0 Å². The van der Waals surface area contributed by atoms with E-state index in [2.05, 4.69) is 20.6 Å². The van der Waals surface area contributed by atoms with Gasteiger partial charge in [-0.2, -0.15) is 0 Å². The largest absolute Gasteiger partial charge is 0.370 e. The van der Waals surface area contributed by atoms with E-state index < -0.39 is 0 Å². The maximum atomic E-state index is 13.2. The Balaban J connectivity index is 2.40. The Morgan fingerprint density at radius 2 is 1.81 bits per heavy atom. The maximum Gasteiger partial charge on any atom is 0.139 e. The summed E-state index contributed by atoms with van der Waals surface area (Å²) < 4.78 is 13.2. The van der Waals surface area contributed by atoms with Crippen LogP contribution in [0.1, 0.15) is 30.8 Å². The third-order valence-corrected chi connectivity index (χ3v) is 3.29. The standard InChI is InChI=1S/C16H21FN4/c1-5-14-20-15(18-6-2)11(4)16(21-14)19-13-8-7-12(17)9-10(13)3/h7-9H,5-6H2,1-4H3,(H2,18,19,20,21). The van der Waals surface area contributed by atoms with Crippen LogP contribution in [0.25, 0.3) is 0 Å². The van der Waals surface area contributed by atoms with Crippen molar-refractivity contribution in [2.75, 3.05) is 17.2 Å². The van der Waals surface area contributed by atoms with Gasteiger partial charge in [0.2, 0.25) is 0 Å². The molecule has 112 valence electrons. The first-order valence-electron chi connectivity index (χ1n) is 7.19. The van der Waals surface area contributed by atoms with E-state index in [1.807, 2.05) is 27.7 Å². The summed E-state index contributed by atoms with van der Waals surface area (Å²) in [6, 6.07) is 4.67. The van der Waals surface area contributed by atoms with Gasteiger partial charge in [0.15, 0.2) is 0 Å². The van der Waals surface area contributed by atoms with E-state index in [0.29, 0.717) is 0 Å². The van der Waals surface area contributed by atoms with Gasteiger partial charge in [-0.3, -0.25) is 0 Å². The minimum atomic E-state index is -0.236. The fraction of sp³-hybridized carbons (Fsp3) is 0.375. The zero-order valence-corrected chi connectivity index (χ0v) is 12.9. The van der Waals surface area contributed by atoms with Crippen LogP contribution in [0, 0.1) is 19.7 Å². The quantitative estimate of drug-likeness (QED) is 0.874. The smallest absolute Gasteiger partial charge is 0.139 e. The zero-order valence-electron chi connectivity index (χ0n) is 12.9. The highest BCUT2D eigenvalue weighted by Gasteiger charge is 2.11. The normalized spacial score (nSPS) is 10.5. The molecule has 0 aliphatic carbocycles. The molecule has 2 rings (SSSR count). The fourth-order valence-electron chi connectivity index (χ4n) is 2.08. The number of anilines is 3. The molecule has 4 nitrogen and oxygen atoms in total. The van der Waals surface area contributed by atoms with Crippen LogP contribution in [0.15, 0.2) is 18.2 Å². The van der Waals surface area contributed by atoms with Crippen LogP contribution in [0.5, 0.6) is 0 Å². The van der Waals surface area contributed by atoms with Crippen molar-refractivity contribution in [3.63, 3.8) is 0 Å². The predicted octanol–water partition coefficient (Wildman–Crippen LogP) is 3.97. The summed E-state index contributed by atoms with van der Waals surface area (Å²) in [6.45, 7) is 8.69. The van der Waals surface area contributed by atoms with Gasteiger partial charge in [-0.15, -0.1) is 0 Å². The Labute approximate surface area is 124 Å². The van der Waals surface area contributed by atoms with Crippen molar-refractivity contribution in [2.24, 2.45) is 0 Å². The van der Waals surface area contributed by atoms with Gasteiger partial charge in [0.05, 0.1) is 0 Å². The molecule has 5 heteroatoms. The van der Waals surface area contributed by atoms with Gasteiger partial charge in [0.1, 0.15) is 23.3 Å². The fourth-order valence-corrected chi connectivity index (χ4v) is 2.08. The third-order valence-electron chi connectivity index (χ3n) is 3.29. The lowest BCUT2D eigenvalue weighted by Crippen LogP contribution is -2.09. The second-order valence-corrected chi connectivity index (χ2v) is 4.93. The van der Waals surface area contributed by atoms with Gasteiger partial charge in [0.25, 0.3) is 0 Å². The molecule has 0 bridgehead atoms. The van der Waals surface area contributed by atoms with Crippen molar-refractivity contribution < 1.29 is 4.39 Å². The first-order valence-corrected chi connectivity index (χ1v) is 7.19. The highest BCUT2D eigenvalue weighted by Crippen LogP contribution is 2.26. The van der Waals surface area contributed by atoms with E-state index in [4.69, 9.17) is 0 Å². The summed E-state index contributed by atoms with van der Waals surface area (Å²) in [7, 11) is 0. The van der Waals surface area contributed by atoms with E-state index in [1.165, 1.54) is 12.1 Å². The highest BCUT2D eigenvalue weighted by atomic mass is 19.1. The van der Waals surface area contributed by atoms with Crippen molar-refractivity contribution >= 4 is 17.3 Å². The molecule has 0 aliphatic rings. The minimum Gasteiger partial charge on any atom is -0.370 e. The maximum absolute atomic E-state index is 13.2. The highest BCUT2D eigenvalue weighted by molar-refractivity contribution is 5.66. The SMILES string of the molecule is CCNc1nc(CC)nc(Nc2ccc(F)cc2C)c1C. The summed E-state index contributed by atoms with van der Waals surface area (Å²) >= 11 is 0. The van der Waals surface area contributed by atoms with E-state index in [9.17, 15) is 4.39 Å². The predicted molar refractivity (Wildman–Crippen MR) is 84.7 cm³/mol. The molecular weight excluding hydrogens is 267 g/mol. The Morgan fingerprint density at radius 1 is 1.10 bits per heavy atom. The lowest BCUT2D eigenvalue weighted by atomic mass is 10.2. The number of hydrogen-bond acceptors (Lipinski definition) is 4. The van der Waals surface area contributed by atoms with Gasteiger partial charge in [-0.1, -0.05) is 6.92 Å². The van der Waals surface area contributed by atoms with Crippen LogP contribution >= 0.6 is 0 Å². The molecule has 2 N–H and O–H groups in total. The lowest BCUT2D eigenvalue weighted by molar-refractivity contribution is 0.627. The first kappa shape index (κ1) is 15.2. The molecule has 0 spiro atoms. The van der Waals surface area contributed by atoms with E-state index >= 15 is 0 Å². The number of benzene rings is 1. The van der Waals surface area contributed by atoms with Crippen molar-refractivity contribution in [2.45, 2.75) is 34.1 Å². The molecule has 0 aliphatic heterocycles. The number of aromatic nitrogens is 2. The molecule has 0 fully saturated rings. The first-order chi connectivity index (χ1) is 10.0. The summed E-state index contributed by atoms with van der Waals surface area (Å²) in [5.41, 5.74) is 2.65. The summed E-state index contributed by atoms with van der Waals surface area (Å²) in [5.74, 6) is 2.14. The van der Waals surface area contributed by atoms with Crippen LogP contribution in [0.2, 0.25) is 0 Å². The summed E-state index contributed by atoms with van der Waals surface area (Å²) in [5, 5.41) is 6.53. The van der Waals surface area contributed by atoms with E-state index in [0.717, 1.165) is 47.2 Å². The number of halogens is 1. The van der Waals surface area contributed by atoms with Crippen LogP contribution in [-0.4, -0.2) is 16.5 Å². The van der Waals surface area contributed by atoms with Crippen molar-refractivity contribution in [1.82, 2.24) is 9.97 Å². The molecule has 0 saturated carbocycles.